The number of carbonyl (C=O) groups is 6. The Balaban J connectivity index is 5.82. The highest BCUT2D eigenvalue weighted by Gasteiger charge is 2.35. The van der Waals surface area contributed by atoms with Crippen LogP contribution in [0.1, 0.15) is 59.3 Å². The minimum Gasteiger partial charge on any atom is -0.481 e. The maximum atomic E-state index is 13.1. The molecule has 0 aromatic rings. The number of rotatable bonds is 18. The van der Waals surface area contributed by atoms with Crippen molar-refractivity contribution >= 4 is 41.4 Å². The van der Waals surface area contributed by atoms with Crippen LogP contribution in [0.5, 0.6) is 0 Å². The van der Waals surface area contributed by atoms with Gasteiger partial charge in [0.25, 0.3) is 0 Å². The van der Waals surface area contributed by atoms with Gasteiger partial charge in [0.2, 0.25) is 17.7 Å². The van der Waals surface area contributed by atoms with E-state index in [9.17, 15) is 33.9 Å². The Morgan fingerprint density at radius 1 is 0.892 bits per heavy atom. The third kappa shape index (κ3) is 13.2. The Hall–Kier alpha value is -3.75. The van der Waals surface area contributed by atoms with Crippen LogP contribution < -0.4 is 32.3 Å². The molecule has 210 valence electrons. The number of aliphatic carboxylic acids is 2. The van der Waals surface area contributed by atoms with Crippen LogP contribution in [-0.4, -0.2) is 88.9 Å². The van der Waals surface area contributed by atoms with Gasteiger partial charge >= 0.3 is 11.9 Å². The summed E-state index contributed by atoms with van der Waals surface area (Å²) in [4.78, 5) is 73.1. The second kappa shape index (κ2) is 16.1. The lowest BCUT2D eigenvalue weighted by Crippen LogP contribution is -2.60. The highest BCUT2D eigenvalue weighted by atomic mass is 16.4. The normalized spacial score (nSPS) is 13.4. The Kier molecular flexibility index (Phi) is 14.5. The second-order valence-corrected chi connectivity index (χ2v) is 8.91. The first-order valence-electron chi connectivity index (χ1n) is 11.8. The van der Waals surface area contributed by atoms with E-state index >= 15 is 0 Å². The minimum atomic E-state index is -1.43. The van der Waals surface area contributed by atoms with Crippen LogP contribution in [0.2, 0.25) is 0 Å². The molecule has 0 saturated heterocycles. The number of likely N-dealkylation sites (N-methyl/N-ethyl adjacent to an activating group) is 1. The molecule has 0 heterocycles. The molecule has 0 aliphatic carbocycles. The highest BCUT2D eigenvalue weighted by Crippen LogP contribution is 2.12. The van der Waals surface area contributed by atoms with Crippen molar-refractivity contribution in [3.63, 3.8) is 0 Å². The van der Waals surface area contributed by atoms with E-state index in [1.54, 1.807) is 6.92 Å². The van der Waals surface area contributed by atoms with Crippen LogP contribution in [0.25, 0.3) is 0 Å². The van der Waals surface area contributed by atoms with Gasteiger partial charge in [-0.15, -0.1) is 0 Å². The van der Waals surface area contributed by atoms with Crippen molar-refractivity contribution in [2.75, 3.05) is 13.6 Å². The quantitative estimate of drug-likeness (QED) is 0.0534. The number of carboxylic acids is 2. The molecule has 10 N–H and O–H groups in total. The van der Waals surface area contributed by atoms with Crippen LogP contribution in [0.15, 0.2) is 0 Å². The van der Waals surface area contributed by atoms with Gasteiger partial charge < -0.3 is 37.2 Å². The van der Waals surface area contributed by atoms with Crippen molar-refractivity contribution in [3.05, 3.63) is 0 Å². The molecule has 37 heavy (non-hydrogen) atoms. The van der Waals surface area contributed by atoms with Crippen LogP contribution in [0.3, 0.4) is 0 Å². The summed E-state index contributed by atoms with van der Waals surface area (Å²) in [6, 6.07) is -4.11. The van der Waals surface area contributed by atoms with Gasteiger partial charge in [-0.2, -0.15) is 0 Å². The zero-order valence-corrected chi connectivity index (χ0v) is 21.6. The summed E-state index contributed by atoms with van der Waals surface area (Å²) >= 11 is 0. The number of hydrogen-bond acceptors (Lipinski definition) is 8. The summed E-state index contributed by atoms with van der Waals surface area (Å²) in [7, 11) is 1.26. The highest BCUT2D eigenvalue weighted by molar-refractivity contribution is 5.95. The molecule has 0 unspecified atom stereocenters. The van der Waals surface area contributed by atoms with E-state index in [4.69, 9.17) is 16.2 Å². The standard InChI is InChI=1S/C22H39N7O8/c1-5-7-15(30)22(2,3)29-14(11-17(33)34)20(37)27-12(8-6-9-26-21(23)24)19(36)28-13(10-16(31)32)18(35)25-4/h12-14,29H,5-11H2,1-4H3,(H,25,35)(H,27,37)(H,28,36)(H,31,32)(H,33,34)(H4,23,24,26)/t12-,13-,14-/m0/s1. The fraction of sp³-hybridized carbons (Fsp3) is 0.682. The lowest BCUT2D eigenvalue weighted by Gasteiger charge is -2.31. The Morgan fingerprint density at radius 3 is 1.89 bits per heavy atom. The van der Waals surface area contributed by atoms with Crippen molar-refractivity contribution in [1.29, 1.82) is 5.41 Å². The zero-order chi connectivity index (χ0) is 28.8. The first-order valence-corrected chi connectivity index (χ1v) is 11.8. The van der Waals surface area contributed by atoms with Crippen LogP contribution in [-0.2, 0) is 28.8 Å². The van der Waals surface area contributed by atoms with E-state index in [2.05, 4.69) is 26.6 Å². The Bertz CT molecular complexity index is 862. The third-order valence-electron chi connectivity index (χ3n) is 5.28. The van der Waals surface area contributed by atoms with E-state index in [1.807, 2.05) is 0 Å². The molecule has 0 radical (unpaired) electrons. The molecule has 0 bridgehead atoms. The maximum absolute atomic E-state index is 13.1. The van der Waals surface area contributed by atoms with Crippen LogP contribution in [0.4, 0.5) is 0 Å². The number of nitrogens with one attached hydrogen (secondary N) is 6. The van der Waals surface area contributed by atoms with E-state index in [0.717, 1.165) is 0 Å². The number of ketones is 1. The molecular weight excluding hydrogens is 490 g/mol. The molecule has 3 amide bonds. The van der Waals surface area contributed by atoms with Crippen LogP contribution >= 0.6 is 0 Å². The number of guanidine groups is 1. The number of carbonyl (C=O) groups excluding carboxylic acids is 4. The van der Waals surface area contributed by atoms with Gasteiger partial charge in [-0.25, -0.2) is 0 Å². The second-order valence-electron chi connectivity index (χ2n) is 8.91. The van der Waals surface area contributed by atoms with Gasteiger partial charge in [0, 0.05) is 20.0 Å². The Labute approximate surface area is 215 Å². The molecule has 0 aromatic heterocycles. The SMILES string of the molecule is CCCC(=O)C(C)(C)N[C@@H](CC(=O)O)C(=O)N[C@@H](CCCNC(=N)N)C(=O)N[C@@H](CC(=O)O)C(=O)NC. The van der Waals surface area contributed by atoms with Crippen molar-refractivity contribution in [2.24, 2.45) is 5.73 Å². The lowest BCUT2D eigenvalue weighted by atomic mass is 9.93. The van der Waals surface area contributed by atoms with Gasteiger partial charge in [0.05, 0.1) is 24.4 Å². The Morgan fingerprint density at radius 2 is 1.41 bits per heavy atom. The minimum absolute atomic E-state index is 0.0245. The summed E-state index contributed by atoms with van der Waals surface area (Å²) in [6.45, 7) is 5.00. The predicted octanol–water partition coefficient (Wildman–Crippen LogP) is -1.98. The summed E-state index contributed by atoms with van der Waals surface area (Å²) in [5.41, 5.74) is 4.00. The van der Waals surface area contributed by atoms with Gasteiger partial charge in [-0.05, 0) is 33.1 Å². The predicted molar refractivity (Wildman–Crippen MR) is 133 cm³/mol. The largest absolute Gasteiger partial charge is 0.481 e. The summed E-state index contributed by atoms with van der Waals surface area (Å²) in [5.74, 6) is -5.72. The van der Waals surface area contributed by atoms with E-state index in [0.29, 0.717) is 6.42 Å². The lowest BCUT2D eigenvalue weighted by molar-refractivity contribution is -0.141. The monoisotopic (exact) mass is 529 g/mol. The molecule has 0 aliphatic rings. The molecule has 0 saturated carbocycles. The van der Waals surface area contributed by atoms with Gasteiger partial charge in [-0.3, -0.25) is 39.5 Å². The number of hydrogen-bond donors (Lipinski definition) is 9. The molecule has 0 aromatic carbocycles. The molecule has 0 aliphatic heterocycles. The number of nitrogens with two attached hydrogens (primary N) is 1. The fourth-order valence-corrected chi connectivity index (χ4v) is 3.34. The number of carboxylic acid groups (broad SMARTS) is 2. The smallest absolute Gasteiger partial charge is 0.305 e. The number of Topliss-reactive ketones (excluding diaryl/α,β-unsaturated/α-hetero) is 1. The van der Waals surface area contributed by atoms with E-state index in [1.165, 1.54) is 20.9 Å². The molecule has 0 fully saturated rings. The molecular formula is C22H39N7O8. The topological polar surface area (TPSA) is 253 Å². The van der Waals surface area contributed by atoms with Crippen molar-refractivity contribution in [2.45, 2.75) is 83.0 Å². The molecule has 15 nitrogen and oxygen atoms in total. The average Bonchev–Trinajstić information content (AvgIpc) is 2.78. The fourth-order valence-electron chi connectivity index (χ4n) is 3.34. The van der Waals surface area contributed by atoms with Gasteiger partial charge in [-0.1, -0.05) is 6.92 Å². The van der Waals surface area contributed by atoms with Gasteiger partial charge in [0.1, 0.15) is 12.1 Å². The average molecular weight is 530 g/mol. The van der Waals surface area contributed by atoms with E-state index < -0.39 is 66.2 Å². The van der Waals surface area contributed by atoms with Crippen molar-refractivity contribution in [1.82, 2.24) is 26.6 Å². The van der Waals surface area contributed by atoms with Gasteiger partial charge in [0.15, 0.2) is 11.7 Å². The third-order valence-corrected chi connectivity index (χ3v) is 5.28. The van der Waals surface area contributed by atoms with Crippen LogP contribution in [0, 0.1) is 5.41 Å². The summed E-state index contributed by atoms with van der Waals surface area (Å²) < 4.78 is 0. The molecule has 3 atom stereocenters. The van der Waals surface area contributed by atoms with Crippen molar-refractivity contribution < 1.29 is 39.0 Å². The first kappa shape index (κ1) is 33.2. The van der Waals surface area contributed by atoms with E-state index in [-0.39, 0.29) is 37.6 Å². The number of amides is 3. The zero-order valence-electron chi connectivity index (χ0n) is 21.6. The molecule has 0 spiro atoms. The maximum Gasteiger partial charge on any atom is 0.305 e. The molecule has 0 rings (SSSR count). The molecule has 15 heteroatoms. The summed E-state index contributed by atoms with van der Waals surface area (Å²) in [6.07, 6.45) is -0.439. The van der Waals surface area contributed by atoms with Crippen molar-refractivity contribution in [3.8, 4) is 0 Å². The summed E-state index contributed by atoms with van der Waals surface area (Å²) in [5, 5.41) is 37.8. The first-order chi connectivity index (χ1) is 17.1.